The Labute approximate surface area is 124 Å². The van der Waals surface area contributed by atoms with Crippen molar-refractivity contribution in [1.29, 1.82) is 0 Å². The number of aryl methyl sites for hydroxylation is 2. The zero-order chi connectivity index (χ0) is 12.7. The molecule has 0 saturated heterocycles. The van der Waals surface area contributed by atoms with Gasteiger partial charge in [-0.1, -0.05) is 28.1 Å². The predicted octanol–water partition coefficient (Wildman–Crippen LogP) is 4.60. The van der Waals surface area contributed by atoms with Crippen LogP contribution in [0.3, 0.4) is 0 Å². The Morgan fingerprint density at radius 3 is 2.78 bits per heavy atom. The number of benzene rings is 1. The lowest BCUT2D eigenvalue weighted by Crippen LogP contribution is -1.96. The maximum absolute atomic E-state index is 4.57. The fourth-order valence-corrected chi connectivity index (χ4v) is 3.50. The Hall–Kier alpha value is -0.670. The monoisotopic (exact) mass is 365 g/mol. The van der Waals surface area contributed by atoms with E-state index in [4.69, 9.17) is 0 Å². The maximum Gasteiger partial charge on any atom is 0.0480 e. The molecule has 0 spiro atoms. The van der Waals surface area contributed by atoms with Gasteiger partial charge in [-0.3, -0.25) is 4.98 Å². The van der Waals surface area contributed by atoms with Crippen LogP contribution in [0.2, 0.25) is 0 Å². The second-order valence-electron chi connectivity index (χ2n) is 4.77. The summed E-state index contributed by atoms with van der Waals surface area (Å²) in [6, 6.07) is 6.63. The van der Waals surface area contributed by atoms with Crippen molar-refractivity contribution >= 4 is 31.9 Å². The van der Waals surface area contributed by atoms with E-state index in [9.17, 15) is 0 Å². The minimum atomic E-state index is 0.941. The van der Waals surface area contributed by atoms with Crippen molar-refractivity contribution in [3.05, 3.63) is 61.3 Å². The highest BCUT2D eigenvalue weighted by atomic mass is 79.9. The van der Waals surface area contributed by atoms with Gasteiger partial charge in [0, 0.05) is 27.3 Å². The maximum atomic E-state index is 4.57. The molecule has 1 heterocycles. The molecule has 0 amide bonds. The Balaban J connectivity index is 2.11. The summed E-state index contributed by atoms with van der Waals surface area (Å²) in [5.74, 6) is 0. The minimum absolute atomic E-state index is 0.941. The quantitative estimate of drug-likeness (QED) is 0.663. The normalized spacial score (nSPS) is 13.7. The molecule has 0 radical (unpaired) electrons. The Morgan fingerprint density at radius 1 is 1.11 bits per heavy atom. The van der Waals surface area contributed by atoms with E-state index in [1.165, 1.54) is 32.4 Å². The minimum Gasteiger partial charge on any atom is -0.259 e. The van der Waals surface area contributed by atoms with Gasteiger partial charge in [0.1, 0.15) is 0 Å². The third-order valence-corrected chi connectivity index (χ3v) is 5.10. The van der Waals surface area contributed by atoms with Gasteiger partial charge in [-0.05, 0) is 64.0 Å². The van der Waals surface area contributed by atoms with Crippen molar-refractivity contribution < 1.29 is 0 Å². The molecule has 0 atom stereocenters. The van der Waals surface area contributed by atoms with Crippen LogP contribution in [0.4, 0.5) is 0 Å². The van der Waals surface area contributed by atoms with Crippen LogP contribution in [0.15, 0.2) is 33.3 Å². The molecule has 0 fully saturated rings. The lowest BCUT2D eigenvalue weighted by Gasteiger charge is -2.10. The van der Waals surface area contributed by atoms with Crippen molar-refractivity contribution in [1.82, 2.24) is 4.98 Å². The molecular weight excluding hydrogens is 354 g/mol. The number of fused-ring (bicyclic) bond motifs is 2. The van der Waals surface area contributed by atoms with Gasteiger partial charge in [0.2, 0.25) is 0 Å². The van der Waals surface area contributed by atoms with Crippen LogP contribution in [-0.4, -0.2) is 4.98 Å². The zero-order valence-corrected chi connectivity index (χ0v) is 13.3. The van der Waals surface area contributed by atoms with Gasteiger partial charge in [0.05, 0.1) is 0 Å². The summed E-state index contributed by atoms with van der Waals surface area (Å²) in [6.07, 6.45) is 4.99. The first-order valence-electron chi connectivity index (χ1n) is 6.05. The first-order chi connectivity index (χ1) is 8.65. The largest absolute Gasteiger partial charge is 0.259 e. The second-order valence-corrected chi connectivity index (χ2v) is 6.48. The molecule has 0 bridgehead atoms. The number of pyridine rings is 1. The predicted molar refractivity (Wildman–Crippen MR) is 81.0 cm³/mol. The SMILES string of the molecule is Cc1ccc2c(c1Br)CCc1cc(Br)cnc1C2. The van der Waals surface area contributed by atoms with E-state index in [1.54, 1.807) is 0 Å². The molecule has 1 aliphatic carbocycles. The topological polar surface area (TPSA) is 12.9 Å². The number of aromatic nitrogens is 1. The van der Waals surface area contributed by atoms with Crippen molar-refractivity contribution in [3.63, 3.8) is 0 Å². The van der Waals surface area contributed by atoms with Gasteiger partial charge < -0.3 is 0 Å². The van der Waals surface area contributed by atoms with Gasteiger partial charge in [0.25, 0.3) is 0 Å². The summed E-state index contributed by atoms with van der Waals surface area (Å²) in [7, 11) is 0. The van der Waals surface area contributed by atoms with Gasteiger partial charge in [-0.2, -0.15) is 0 Å². The van der Waals surface area contributed by atoms with Crippen LogP contribution in [0.25, 0.3) is 0 Å². The summed E-state index contributed by atoms with van der Waals surface area (Å²) >= 11 is 7.24. The lowest BCUT2D eigenvalue weighted by molar-refractivity contribution is 0.944. The molecule has 0 saturated carbocycles. The summed E-state index contributed by atoms with van der Waals surface area (Å²) in [5.41, 5.74) is 6.75. The molecule has 3 heteroatoms. The molecule has 2 aromatic rings. The number of halogens is 2. The van der Waals surface area contributed by atoms with E-state index >= 15 is 0 Å². The number of hydrogen-bond acceptors (Lipinski definition) is 1. The first kappa shape index (κ1) is 12.4. The van der Waals surface area contributed by atoms with Crippen LogP contribution >= 0.6 is 31.9 Å². The molecule has 92 valence electrons. The highest BCUT2D eigenvalue weighted by molar-refractivity contribution is 9.10. The third kappa shape index (κ3) is 2.14. The average molecular weight is 367 g/mol. The van der Waals surface area contributed by atoms with Gasteiger partial charge in [-0.15, -0.1) is 0 Å². The van der Waals surface area contributed by atoms with Crippen molar-refractivity contribution in [3.8, 4) is 0 Å². The van der Waals surface area contributed by atoms with Crippen molar-refractivity contribution in [2.24, 2.45) is 0 Å². The van der Waals surface area contributed by atoms with E-state index < -0.39 is 0 Å². The number of nitrogens with zero attached hydrogens (tertiary/aromatic N) is 1. The van der Waals surface area contributed by atoms with Gasteiger partial charge in [0.15, 0.2) is 0 Å². The van der Waals surface area contributed by atoms with E-state index in [-0.39, 0.29) is 0 Å². The summed E-state index contributed by atoms with van der Waals surface area (Å²) in [6.45, 7) is 2.15. The van der Waals surface area contributed by atoms with Gasteiger partial charge >= 0.3 is 0 Å². The molecule has 1 aromatic heterocycles. The summed E-state index contributed by atoms with van der Waals surface area (Å²) in [5, 5.41) is 0. The van der Waals surface area contributed by atoms with Gasteiger partial charge in [-0.25, -0.2) is 0 Å². The fourth-order valence-electron chi connectivity index (χ4n) is 2.54. The smallest absolute Gasteiger partial charge is 0.0480 e. The standard InChI is InChI=1S/C15H13Br2N/c1-9-2-3-10-7-14-11(6-12(16)8-18-14)4-5-13(10)15(9)17/h2-3,6,8H,4-5,7H2,1H3. The van der Waals surface area contributed by atoms with Crippen LogP contribution < -0.4 is 0 Å². The molecule has 0 unspecified atom stereocenters. The van der Waals surface area contributed by atoms with Crippen molar-refractivity contribution in [2.45, 2.75) is 26.2 Å². The first-order valence-corrected chi connectivity index (χ1v) is 7.64. The highest BCUT2D eigenvalue weighted by Crippen LogP contribution is 2.31. The lowest BCUT2D eigenvalue weighted by atomic mass is 10.0. The Bertz CT molecular complexity index is 620. The molecule has 1 nitrogen and oxygen atoms in total. The second kappa shape index (κ2) is 4.78. The van der Waals surface area contributed by atoms with Crippen LogP contribution in [0.5, 0.6) is 0 Å². The van der Waals surface area contributed by atoms with E-state index in [0.29, 0.717) is 0 Å². The number of hydrogen-bond donors (Lipinski definition) is 0. The highest BCUT2D eigenvalue weighted by Gasteiger charge is 2.17. The van der Waals surface area contributed by atoms with Crippen molar-refractivity contribution in [2.75, 3.05) is 0 Å². The molecule has 18 heavy (non-hydrogen) atoms. The van der Waals surface area contributed by atoms with E-state index in [1.807, 2.05) is 6.20 Å². The van der Waals surface area contributed by atoms with Crippen LogP contribution in [-0.2, 0) is 19.3 Å². The molecule has 1 aliphatic rings. The summed E-state index contributed by atoms with van der Waals surface area (Å²) in [4.78, 5) is 4.57. The Morgan fingerprint density at radius 2 is 1.94 bits per heavy atom. The molecule has 1 aromatic carbocycles. The van der Waals surface area contributed by atoms with E-state index in [0.717, 1.165) is 23.7 Å². The summed E-state index contributed by atoms with van der Waals surface area (Å²) < 4.78 is 2.34. The molecule has 0 aliphatic heterocycles. The van der Waals surface area contributed by atoms with Crippen LogP contribution in [0, 0.1) is 6.92 Å². The average Bonchev–Trinajstić information content (AvgIpc) is 2.53. The zero-order valence-electron chi connectivity index (χ0n) is 10.1. The molecule has 0 N–H and O–H groups in total. The molecular formula is C15H13Br2N. The Kier molecular flexibility index (Phi) is 3.29. The number of rotatable bonds is 0. The van der Waals surface area contributed by atoms with Crippen LogP contribution in [0.1, 0.15) is 27.9 Å². The fraction of sp³-hybridized carbons (Fsp3) is 0.267. The third-order valence-electron chi connectivity index (χ3n) is 3.56. The van der Waals surface area contributed by atoms with E-state index in [2.05, 4.69) is 62.0 Å². The molecule has 3 rings (SSSR count).